The minimum atomic E-state index is -3.74. The van der Waals surface area contributed by atoms with Gasteiger partial charge in [0.15, 0.2) is 0 Å². The third-order valence-corrected chi connectivity index (χ3v) is 6.06. The number of thiophene rings is 1. The van der Waals surface area contributed by atoms with Gasteiger partial charge in [-0.2, -0.15) is 4.31 Å². The maximum absolute atomic E-state index is 13.4. The van der Waals surface area contributed by atoms with E-state index in [4.69, 9.17) is 5.73 Å². The van der Waals surface area contributed by atoms with Crippen molar-refractivity contribution in [3.8, 4) is 0 Å². The van der Waals surface area contributed by atoms with E-state index in [-0.39, 0.29) is 17.1 Å². The molecule has 0 aliphatic rings. The summed E-state index contributed by atoms with van der Waals surface area (Å²) in [6.07, 6.45) is 0. The van der Waals surface area contributed by atoms with Gasteiger partial charge in [-0.05, 0) is 51.1 Å². The van der Waals surface area contributed by atoms with E-state index in [1.54, 1.807) is 0 Å². The lowest BCUT2D eigenvalue weighted by Gasteiger charge is -2.16. The first kappa shape index (κ1) is 15.4. The van der Waals surface area contributed by atoms with E-state index in [0.717, 1.165) is 15.4 Å². The third kappa shape index (κ3) is 3.20. The Morgan fingerprint density at radius 1 is 1.40 bits per heavy atom. The number of sulfonamides is 1. The SMILES string of the molecule is CN(Cc1csc(Br)c1)S(=O)(=O)c1ccc(N)c(F)c1. The molecule has 1 heterocycles. The number of nitrogen functional groups attached to an aromatic ring is 1. The Balaban J connectivity index is 2.27. The van der Waals surface area contributed by atoms with Crippen molar-refractivity contribution >= 4 is 43.0 Å². The summed E-state index contributed by atoms with van der Waals surface area (Å²) >= 11 is 4.80. The van der Waals surface area contributed by atoms with E-state index in [9.17, 15) is 12.8 Å². The standard InChI is InChI=1S/C12H12BrFN2O2S2/c1-16(6-8-4-12(13)19-7-8)20(17,18)9-2-3-11(15)10(14)5-9/h2-5,7H,6,15H2,1H3. The Kier molecular flexibility index (Phi) is 4.48. The van der Waals surface area contributed by atoms with Gasteiger partial charge in [-0.3, -0.25) is 0 Å². The van der Waals surface area contributed by atoms with Gasteiger partial charge in [0.1, 0.15) is 5.82 Å². The number of rotatable bonds is 4. The number of anilines is 1. The number of hydrogen-bond donors (Lipinski definition) is 1. The van der Waals surface area contributed by atoms with E-state index >= 15 is 0 Å². The Morgan fingerprint density at radius 3 is 2.65 bits per heavy atom. The van der Waals surface area contributed by atoms with Crippen molar-refractivity contribution < 1.29 is 12.8 Å². The van der Waals surface area contributed by atoms with Crippen LogP contribution in [0.15, 0.2) is 38.3 Å². The van der Waals surface area contributed by atoms with Gasteiger partial charge >= 0.3 is 0 Å². The molecule has 1 aromatic heterocycles. The summed E-state index contributed by atoms with van der Waals surface area (Å²) in [5, 5.41) is 1.86. The fourth-order valence-electron chi connectivity index (χ4n) is 1.62. The molecule has 0 saturated carbocycles. The molecule has 0 radical (unpaired) electrons. The second kappa shape index (κ2) is 5.80. The average molecular weight is 379 g/mol. The van der Waals surface area contributed by atoms with Gasteiger partial charge in [0.2, 0.25) is 10.0 Å². The van der Waals surface area contributed by atoms with Crippen LogP contribution < -0.4 is 5.73 Å². The molecule has 0 unspecified atom stereocenters. The van der Waals surface area contributed by atoms with Crippen LogP contribution in [0.3, 0.4) is 0 Å². The fraction of sp³-hybridized carbons (Fsp3) is 0.167. The first-order valence-electron chi connectivity index (χ1n) is 5.55. The molecule has 108 valence electrons. The van der Waals surface area contributed by atoms with Crippen molar-refractivity contribution in [2.75, 3.05) is 12.8 Å². The van der Waals surface area contributed by atoms with Crippen LogP contribution in [-0.2, 0) is 16.6 Å². The van der Waals surface area contributed by atoms with Gasteiger partial charge in [0.05, 0.1) is 14.4 Å². The lowest BCUT2D eigenvalue weighted by Crippen LogP contribution is -2.26. The molecule has 2 rings (SSSR count). The van der Waals surface area contributed by atoms with Crippen molar-refractivity contribution in [3.05, 3.63) is 44.8 Å². The monoisotopic (exact) mass is 378 g/mol. The molecule has 0 aliphatic heterocycles. The molecule has 4 nitrogen and oxygen atoms in total. The summed E-state index contributed by atoms with van der Waals surface area (Å²) in [6.45, 7) is 0.219. The highest BCUT2D eigenvalue weighted by Crippen LogP contribution is 2.24. The summed E-state index contributed by atoms with van der Waals surface area (Å²) < 4.78 is 40.1. The van der Waals surface area contributed by atoms with Crippen molar-refractivity contribution in [1.29, 1.82) is 0 Å². The van der Waals surface area contributed by atoms with Gasteiger partial charge in [-0.1, -0.05) is 0 Å². The summed E-state index contributed by atoms with van der Waals surface area (Å²) in [7, 11) is -2.29. The lowest BCUT2D eigenvalue weighted by atomic mass is 10.3. The molecule has 0 fully saturated rings. The summed E-state index contributed by atoms with van der Waals surface area (Å²) in [4.78, 5) is -0.110. The highest BCUT2D eigenvalue weighted by Gasteiger charge is 2.22. The average Bonchev–Trinajstić information content (AvgIpc) is 2.78. The number of nitrogens with zero attached hydrogens (tertiary/aromatic N) is 1. The van der Waals surface area contributed by atoms with Crippen molar-refractivity contribution in [3.63, 3.8) is 0 Å². The van der Waals surface area contributed by atoms with Gasteiger partial charge in [-0.25, -0.2) is 12.8 Å². The first-order chi connectivity index (χ1) is 9.30. The highest BCUT2D eigenvalue weighted by molar-refractivity contribution is 9.11. The largest absolute Gasteiger partial charge is 0.396 e. The Morgan fingerprint density at radius 2 is 2.10 bits per heavy atom. The molecule has 20 heavy (non-hydrogen) atoms. The highest BCUT2D eigenvalue weighted by atomic mass is 79.9. The van der Waals surface area contributed by atoms with Crippen LogP contribution in [0.1, 0.15) is 5.56 Å². The molecule has 1 aromatic carbocycles. The van der Waals surface area contributed by atoms with Crippen LogP contribution >= 0.6 is 27.3 Å². The topological polar surface area (TPSA) is 63.4 Å². The van der Waals surface area contributed by atoms with Gasteiger partial charge in [0.25, 0.3) is 0 Å². The Hall–Kier alpha value is -0.960. The van der Waals surface area contributed by atoms with E-state index in [1.165, 1.54) is 34.8 Å². The second-order valence-electron chi connectivity index (χ2n) is 4.20. The summed E-state index contributed by atoms with van der Waals surface area (Å²) in [6, 6.07) is 5.33. The van der Waals surface area contributed by atoms with Crippen molar-refractivity contribution in [2.24, 2.45) is 0 Å². The van der Waals surface area contributed by atoms with Crippen molar-refractivity contribution in [1.82, 2.24) is 4.31 Å². The molecule has 2 aromatic rings. The Bertz CT molecular complexity index is 731. The maximum Gasteiger partial charge on any atom is 0.243 e. The molecule has 0 atom stereocenters. The lowest BCUT2D eigenvalue weighted by molar-refractivity contribution is 0.466. The van der Waals surface area contributed by atoms with Crippen LogP contribution in [0, 0.1) is 5.82 Å². The van der Waals surface area contributed by atoms with E-state index in [1.807, 2.05) is 11.4 Å². The zero-order chi connectivity index (χ0) is 14.9. The number of nitrogens with two attached hydrogens (primary N) is 1. The molecule has 0 saturated heterocycles. The van der Waals surface area contributed by atoms with Crippen LogP contribution in [0.5, 0.6) is 0 Å². The van der Waals surface area contributed by atoms with Gasteiger partial charge in [-0.15, -0.1) is 11.3 Å². The minimum absolute atomic E-state index is 0.0756. The number of benzene rings is 1. The summed E-state index contributed by atoms with van der Waals surface area (Å²) in [5.41, 5.74) is 6.14. The van der Waals surface area contributed by atoms with Crippen molar-refractivity contribution in [2.45, 2.75) is 11.4 Å². The smallest absolute Gasteiger partial charge is 0.243 e. The predicted octanol–water partition coefficient (Wildman–Crippen LogP) is 3.05. The quantitative estimate of drug-likeness (QED) is 0.831. The van der Waals surface area contributed by atoms with Crippen LogP contribution in [0.2, 0.25) is 0 Å². The molecule has 8 heteroatoms. The third-order valence-electron chi connectivity index (χ3n) is 2.71. The van der Waals surface area contributed by atoms with Gasteiger partial charge in [0, 0.05) is 13.6 Å². The first-order valence-corrected chi connectivity index (χ1v) is 8.66. The van der Waals surface area contributed by atoms with Crippen LogP contribution in [0.25, 0.3) is 0 Å². The molecular weight excluding hydrogens is 367 g/mol. The minimum Gasteiger partial charge on any atom is -0.396 e. The molecule has 0 spiro atoms. The normalized spacial score (nSPS) is 12.0. The second-order valence-corrected chi connectivity index (χ2v) is 8.54. The molecule has 0 aliphatic carbocycles. The van der Waals surface area contributed by atoms with E-state index in [2.05, 4.69) is 15.9 Å². The van der Waals surface area contributed by atoms with Crippen LogP contribution in [0.4, 0.5) is 10.1 Å². The maximum atomic E-state index is 13.4. The van der Waals surface area contributed by atoms with Gasteiger partial charge < -0.3 is 5.73 Å². The molecule has 2 N–H and O–H groups in total. The molecule has 0 amide bonds. The molecular formula is C12H12BrFN2O2S2. The molecule has 0 bridgehead atoms. The zero-order valence-corrected chi connectivity index (χ0v) is 13.7. The number of hydrogen-bond acceptors (Lipinski definition) is 4. The van der Waals surface area contributed by atoms with E-state index in [0.29, 0.717) is 0 Å². The zero-order valence-electron chi connectivity index (χ0n) is 10.5. The summed E-state index contributed by atoms with van der Waals surface area (Å²) in [5.74, 6) is -0.738. The number of halogens is 2. The Labute approximate surface area is 129 Å². The predicted molar refractivity (Wildman–Crippen MR) is 81.5 cm³/mol. The van der Waals surface area contributed by atoms with Crippen LogP contribution in [-0.4, -0.2) is 19.8 Å². The van der Waals surface area contributed by atoms with E-state index < -0.39 is 15.8 Å². The fourth-order valence-corrected chi connectivity index (χ4v) is 3.99.